The fourth-order valence-electron chi connectivity index (χ4n) is 4.65. The lowest BCUT2D eigenvalue weighted by molar-refractivity contribution is 0.102. The minimum atomic E-state index is -0.543. The lowest BCUT2D eigenvalue weighted by Gasteiger charge is -2.34. The van der Waals surface area contributed by atoms with Crippen LogP contribution in [0, 0.1) is 12.7 Å². The lowest BCUT2D eigenvalue weighted by Crippen LogP contribution is -2.42. The molecule has 172 valence electrons. The number of hydrogen-bond donors (Lipinski definition) is 2. The van der Waals surface area contributed by atoms with Gasteiger partial charge in [-0.2, -0.15) is 5.10 Å². The second-order valence-electron chi connectivity index (χ2n) is 8.51. The molecule has 2 aromatic carbocycles. The van der Waals surface area contributed by atoms with E-state index in [1.807, 2.05) is 19.3 Å². The summed E-state index contributed by atoms with van der Waals surface area (Å²) in [5.74, 6) is -0.530. The smallest absolute Gasteiger partial charge is 0.257 e. The molecule has 9 heteroatoms. The third-order valence-electron chi connectivity index (χ3n) is 6.15. The van der Waals surface area contributed by atoms with Crippen LogP contribution in [0.15, 0.2) is 34.9 Å². The van der Waals surface area contributed by atoms with Crippen molar-refractivity contribution in [3.63, 3.8) is 0 Å². The number of fused-ring (bicyclic) bond motifs is 2. The largest absolute Gasteiger partial charge is 0.441 e. The standard InChI is InChI=1S/C24H27FN6O2/c1-4-26-15-7-9-31(10-8-15)20-6-5-17(22-18(20)13-30(3)29-22)24(32)28-16-11-19(25)23-21(12-16)33-14(2)27-23/h5-6,11-13,15,26H,4,7-10H2,1-3H3,(H,28,32). The van der Waals surface area contributed by atoms with Crippen molar-refractivity contribution in [3.05, 3.63) is 47.7 Å². The van der Waals surface area contributed by atoms with Gasteiger partial charge in [-0.05, 0) is 37.6 Å². The number of amides is 1. The fourth-order valence-corrected chi connectivity index (χ4v) is 4.65. The van der Waals surface area contributed by atoms with Gasteiger partial charge in [-0.1, -0.05) is 6.92 Å². The summed E-state index contributed by atoms with van der Waals surface area (Å²) in [5, 5.41) is 11.8. The van der Waals surface area contributed by atoms with E-state index in [2.05, 4.69) is 32.5 Å². The van der Waals surface area contributed by atoms with Crippen LogP contribution in [-0.2, 0) is 7.05 Å². The SMILES string of the molecule is CCNC1CCN(c2ccc(C(=O)Nc3cc(F)c4nc(C)oc4c3)c3nn(C)cc23)CC1. The third-order valence-corrected chi connectivity index (χ3v) is 6.15. The Labute approximate surface area is 190 Å². The van der Waals surface area contributed by atoms with Crippen LogP contribution in [0.2, 0.25) is 0 Å². The van der Waals surface area contributed by atoms with E-state index in [4.69, 9.17) is 4.42 Å². The number of oxazole rings is 1. The average Bonchev–Trinajstić information content (AvgIpc) is 3.35. The van der Waals surface area contributed by atoms with Crippen LogP contribution >= 0.6 is 0 Å². The van der Waals surface area contributed by atoms with Crippen LogP contribution in [0.5, 0.6) is 0 Å². The highest BCUT2D eigenvalue weighted by molar-refractivity contribution is 6.14. The molecule has 0 aliphatic carbocycles. The van der Waals surface area contributed by atoms with E-state index < -0.39 is 5.82 Å². The molecule has 1 amide bonds. The molecule has 8 nitrogen and oxygen atoms in total. The molecule has 4 aromatic rings. The number of rotatable bonds is 5. The molecule has 1 saturated heterocycles. The predicted octanol–water partition coefficient (Wildman–Crippen LogP) is 3.99. The molecule has 0 radical (unpaired) electrons. The van der Waals surface area contributed by atoms with Crippen molar-refractivity contribution in [2.24, 2.45) is 7.05 Å². The highest BCUT2D eigenvalue weighted by Crippen LogP contribution is 2.31. The zero-order chi connectivity index (χ0) is 23.1. The van der Waals surface area contributed by atoms with Crippen LogP contribution in [0.3, 0.4) is 0 Å². The summed E-state index contributed by atoms with van der Waals surface area (Å²) >= 11 is 0. The maximum Gasteiger partial charge on any atom is 0.257 e. The van der Waals surface area contributed by atoms with Crippen LogP contribution in [-0.4, -0.2) is 46.3 Å². The van der Waals surface area contributed by atoms with Gasteiger partial charge in [0.1, 0.15) is 11.0 Å². The summed E-state index contributed by atoms with van der Waals surface area (Å²) in [7, 11) is 1.85. The second kappa shape index (κ2) is 8.47. The van der Waals surface area contributed by atoms with Gasteiger partial charge in [0.2, 0.25) is 0 Å². The Balaban J connectivity index is 1.43. The Morgan fingerprint density at radius 1 is 1.24 bits per heavy atom. The first-order valence-electron chi connectivity index (χ1n) is 11.3. The maximum atomic E-state index is 14.4. The highest BCUT2D eigenvalue weighted by atomic mass is 19.1. The molecule has 0 bridgehead atoms. The number of aromatic nitrogens is 3. The quantitative estimate of drug-likeness (QED) is 0.478. The number of nitrogens with one attached hydrogen (secondary N) is 2. The van der Waals surface area contributed by atoms with Gasteiger partial charge in [-0.15, -0.1) is 0 Å². The van der Waals surface area contributed by atoms with Crippen molar-refractivity contribution >= 4 is 39.3 Å². The highest BCUT2D eigenvalue weighted by Gasteiger charge is 2.23. The molecule has 0 spiro atoms. The van der Waals surface area contributed by atoms with Crippen molar-refractivity contribution in [2.45, 2.75) is 32.7 Å². The molecule has 0 atom stereocenters. The summed E-state index contributed by atoms with van der Waals surface area (Å²) in [6.07, 6.45) is 4.10. The van der Waals surface area contributed by atoms with E-state index in [0.717, 1.165) is 43.5 Å². The van der Waals surface area contributed by atoms with E-state index in [1.54, 1.807) is 23.7 Å². The first kappa shape index (κ1) is 21.4. The number of carbonyl (C=O) groups is 1. The predicted molar refractivity (Wildman–Crippen MR) is 126 cm³/mol. The minimum Gasteiger partial charge on any atom is -0.441 e. The number of benzene rings is 2. The maximum absolute atomic E-state index is 14.4. The van der Waals surface area contributed by atoms with Crippen molar-refractivity contribution in [3.8, 4) is 0 Å². The van der Waals surface area contributed by atoms with Gasteiger partial charge >= 0.3 is 0 Å². The topological polar surface area (TPSA) is 88.2 Å². The van der Waals surface area contributed by atoms with E-state index in [0.29, 0.717) is 34.3 Å². The van der Waals surface area contributed by atoms with E-state index in [9.17, 15) is 9.18 Å². The summed E-state index contributed by atoms with van der Waals surface area (Å²) in [6.45, 7) is 6.66. The van der Waals surface area contributed by atoms with Gasteiger partial charge in [-0.25, -0.2) is 9.37 Å². The molecule has 2 aromatic heterocycles. The first-order valence-corrected chi connectivity index (χ1v) is 11.3. The number of anilines is 2. The van der Waals surface area contributed by atoms with Crippen molar-refractivity contribution < 1.29 is 13.6 Å². The lowest BCUT2D eigenvalue weighted by atomic mass is 10.0. The zero-order valence-electron chi connectivity index (χ0n) is 19.0. The molecule has 2 N–H and O–H groups in total. The molecule has 0 unspecified atom stereocenters. The number of aryl methyl sites for hydroxylation is 2. The number of nitrogens with zero attached hydrogens (tertiary/aromatic N) is 4. The van der Waals surface area contributed by atoms with Crippen LogP contribution in [0.1, 0.15) is 36.0 Å². The monoisotopic (exact) mass is 450 g/mol. The van der Waals surface area contributed by atoms with Gasteiger partial charge in [0.05, 0.1) is 5.56 Å². The van der Waals surface area contributed by atoms with Gasteiger partial charge in [0.15, 0.2) is 17.3 Å². The average molecular weight is 451 g/mol. The van der Waals surface area contributed by atoms with Gasteiger partial charge in [0, 0.05) is 62.1 Å². The van der Waals surface area contributed by atoms with Gasteiger partial charge in [-0.3, -0.25) is 9.48 Å². The number of piperidine rings is 1. The molecule has 1 aliphatic rings. The summed E-state index contributed by atoms with van der Waals surface area (Å²) in [6, 6.07) is 7.15. The van der Waals surface area contributed by atoms with Crippen molar-refractivity contribution in [1.82, 2.24) is 20.1 Å². The molecule has 5 rings (SSSR count). The molecule has 33 heavy (non-hydrogen) atoms. The van der Waals surface area contributed by atoms with Crippen LogP contribution < -0.4 is 15.5 Å². The van der Waals surface area contributed by atoms with E-state index >= 15 is 0 Å². The molecule has 1 aliphatic heterocycles. The number of halogens is 1. The first-order chi connectivity index (χ1) is 15.9. The molecule has 3 heterocycles. The Morgan fingerprint density at radius 2 is 2.03 bits per heavy atom. The zero-order valence-corrected chi connectivity index (χ0v) is 19.0. The number of hydrogen-bond acceptors (Lipinski definition) is 6. The van der Waals surface area contributed by atoms with E-state index in [1.165, 1.54) is 6.07 Å². The Morgan fingerprint density at radius 3 is 2.79 bits per heavy atom. The van der Waals surface area contributed by atoms with E-state index in [-0.39, 0.29) is 11.4 Å². The summed E-state index contributed by atoms with van der Waals surface area (Å²) < 4.78 is 21.6. The Kier molecular flexibility index (Phi) is 5.49. The Bertz CT molecular complexity index is 1340. The molecular formula is C24H27FN6O2. The molecule has 0 saturated carbocycles. The summed E-state index contributed by atoms with van der Waals surface area (Å²) in [4.78, 5) is 19.5. The van der Waals surface area contributed by atoms with Crippen molar-refractivity contribution in [1.29, 1.82) is 0 Å². The fraction of sp³-hybridized carbons (Fsp3) is 0.375. The van der Waals surface area contributed by atoms with Crippen LogP contribution in [0.4, 0.5) is 15.8 Å². The normalized spacial score (nSPS) is 15.0. The molecular weight excluding hydrogens is 423 g/mol. The second-order valence-corrected chi connectivity index (χ2v) is 8.51. The van der Waals surface area contributed by atoms with Gasteiger partial charge < -0.3 is 20.0 Å². The minimum absolute atomic E-state index is 0.153. The summed E-state index contributed by atoms with van der Waals surface area (Å²) in [5.41, 5.74) is 2.89. The van der Waals surface area contributed by atoms with Crippen LogP contribution in [0.25, 0.3) is 22.0 Å². The third kappa shape index (κ3) is 4.04. The molecule has 1 fully saturated rings. The van der Waals surface area contributed by atoms with Crippen molar-refractivity contribution in [2.75, 3.05) is 29.9 Å². The number of carbonyl (C=O) groups excluding carboxylic acids is 1. The Hall–Kier alpha value is -3.46. The van der Waals surface area contributed by atoms with Gasteiger partial charge in [0.25, 0.3) is 5.91 Å².